The van der Waals surface area contributed by atoms with E-state index in [-0.39, 0.29) is 54.5 Å². The standard InChI is InChI=1S/C22H20ClFN6O3.C2H6/c23-19-18(20(28-13-27-19)26-9-17-16(24)7-4-8-25-17)29-21(31)15-10-30(11-15)22(32)33-12-14-5-2-1-3-6-14;1-2/h1-8,13,15H,9-12H2,(H,29,31)(H,26,27,28);1-2H3. The van der Waals surface area contributed by atoms with Gasteiger partial charge in [-0.3, -0.25) is 9.78 Å². The van der Waals surface area contributed by atoms with E-state index in [1.165, 1.54) is 29.6 Å². The number of carbonyl (C=O) groups is 2. The average Bonchev–Trinajstić information content (AvgIpc) is 2.85. The Labute approximate surface area is 207 Å². The van der Waals surface area contributed by atoms with Crippen LogP contribution >= 0.6 is 11.6 Å². The summed E-state index contributed by atoms with van der Waals surface area (Å²) in [6.07, 6.45) is 2.22. The fourth-order valence-electron chi connectivity index (χ4n) is 3.15. The van der Waals surface area contributed by atoms with E-state index in [2.05, 4.69) is 25.6 Å². The molecule has 2 N–H and O–H groups in total. The van der Waals surface area contributed by atoms with Crippen molar-refractivity contribution in [1.82, 2.24) is 19.9 Å². The highest BCUT2D eigenvalue weighted by Crippen LogP contribution is 2.28. The predicted molar refractivity (Wildman–Crippen MR) is 130 cm³/mol. The molecule has 1 aromatic carbocycles. The lowest BCUT2D eigenvalue weighted by Gasteiger charge is -2.37. The maximum atomic E-state index is 13.8. The Kier molecular flexibility index (Phi) is 9.31. The first kappa shape index (κ1) is 25.8. The Morgan fingerprint density at radius 1 is 1.11 bits per heavy atom. The fraction of sp³-hybridized carbons (Fsp3) is 0.292. The number of aromatic nitrogens is 3. The molecule has 0 atom stereocenters. The van der Waals surface area contributed by atoms with Crippen molar-refractivity contribution in [3.05, 3.63) is 77.2 Å². The van der Waals surface area contributed by atoms with Crippen LogP contribution in [0.4, 0.5) is 20.7 Å². The Balaban J connectivity index is 0.00000167. The minimum absolute atomic E-state index is 0.0285. The minimum Gasteiger partial charge on any atom is -0.445 e. The second-order valence-corrected chi connectivity index (χ2v) is 7.66. The number of nitrogens with one attached hydrogen (secondary N) is 2. The van der Waals surface area contributed by atoms with Crippen molar-refractivity contribution in [2.24, 2.45) is 5.92 Å². The van der Waals surface area contributed by atoms with Crippen LogP contribution in [0.15, 0.2) is 55.0 Å². The fourth-order valence-corrected chi connectivity index (χ4v) is 3.33. The zero-order valence-corrected chi connectivity index (χ0v) is 20.1. The number of likely N-dealkylation sites (tertiary alicyclic amines) is 1. The first-order valence-corrected chi connectivity index (χ1v) is 11.5. The number of carbonyl (C=O) groups excluding carboxylic acids is 2. The second-order valence-electron chi connectivity index (χ2n) is 7.30. The summed E-state index contributed by atoms with van der Waals surface area (Å²) in [4.78, 5) is 38.2. The molecule has 35 heavy (non-hydrogen) atoms. The summed E-state index contributed by atoms with van der Waals surface area (Å²) >= 11 is 6.15. The lowest BCUT2D eigenvalue weighted by Crippen LogP contribution is -2.54. The summed E-state index contributed by atoms with van der Waals surface area (Å²) in [6, 6.07) is 12.1. The highest BCUT2D eigenvalue weighted by molar-refractivity contribution is 6.33. The van der Waals surface area contributed by atoms with Gasteiger partial charge in [0.2, 0.25) is 5.91 Å². The van der Waals surface area contributed by atoms with Gasteiger partial charge in [-0.05, 0) is 17.7 Å². The lowest BCUT2D eigenvalue weighted by atomic mass is 10.00. The number of pyridine rings is 1. The zero-order valence-electron chi connectivity index (χ0n) is 19.4. The summed E-state index contributed by atoms with van der Waals surface area (Å²) in [7, 11) is 0. The van der Waals surface area contributed by atoms with Crippen molar-refractivity contribution in [3.63, 3.8) is 0 Å². The van der Waals surface area contributed by atoms with Crippen LogP contribution < -0.4 is 10.6 Å². The van der Waals surface area contributed by atoms with Gasteiger partial charge in [0.05, 0.1) is 18.2 Å². The molecule has 0 unspecified atom stereocenters. The van der Waals surface area contributed by atoms with E-state index in [4.69, 9.17) is 16.3 Å². The van der Waals surface area contributed by atoms with Gasteiger partial charge in [0, 0.05) is 19.3 Å². The molecule has 3 aromatic rings. The molecule has 2 aromatic heterocycles. The Hall–Kier alpha value is -3.79. The quantitative estimate of drug-likeness (QED) is 0.459. The summed E-state index contributed by atoms with van der Waals surface area (Å²) in [5, 5.41) is 5.64. The summed E-state index contributed by atoms with van der Waals surface area (Å²) < 4.78 is 19.1. The minimum atomic E-state index is -0.483. The van der Waals surface area contributed by atoms with Gasteiger partial charge in [-0.1, -0.05) is 55.8 Å². The monoisotopic (exact) mass is 500 g/mol. The summed E-state index contributed by atoms with van der Waals surface area (Å²) in [6.45, 7) is 4.63. The van der Waals surface area contributed by atoms with Crippen LogP contribution in [0, 0.1) is 11.7 Å². The predicted octanol–water partition coefficient (Wildman–Crippen LogP) is 4.51. The molecule has 0 aliphatic carbocycles. The number of rotatable bonds is 7. The Morgan fingerprint density at radius 2 is 1.86 bits per heavy atom. The van der Waals surface area contributed by atoms with Crippen molar-refractivity contribution < 1.29 is 18.7 Å². The molecule has 0 spiro atoms. The van der Waals surface area contributed by atoms with Gasteiger partial charge in [0.25, 0.3) is 0 Å². The third kappa shape index (κ3) is 6.86. The topological polar surface area (TPSA) is 109 Å². The van der Waals surface area contributed by atoms with E-state index >= 15 is 0 Å². The molecule has 1 aliphatic heterocycles. The second kappa shape index (κ2) is 12.6. The van der Waals surface area contributed by atoms with Crippen LogP contribution in [-0.2, 0) is 22.7 Å². The number of benzene rings is 1. The molecular formula is C24H26ClFN6O3. The third-order valence-corrected chi connectivity index (χ3v) is 5.31. The summed E-state index contributed by atoms with van der Waals surface area (Å²) in [5.74, 6) is -1.02. The number of hydrogen-bond donors (Lipinski definition) is 2. The van der Waals surface area contributed by atoms with Crippen molar-refractivity contribution in [2.75, 3.05) is 23.7 Å². The van der Waals surface area contributed by atoms with Crippen LogP contribution in [0.25, 0.3) is 0 Å². The van der Waals surface area contributed by atoms with Gasteiger partial charge in [-0.15, -0.1) is 0 Å². The van der Waals surface area contributed by atoms with Gasteiger partial charge in [0.1, 0.15) is 24.4 Å². The molecule has 0 radical (unpaired) electrons. The Morgan fingerprint density at radius 3 is 2.57 bits per heavy atom. The highest BCUT2D eigenvalue weighted by Gasteiger charge is 2.37. The zero-order chi connectivity index (χ0) is 25.2. The van der Waals surface area contributed by atoms with Gasteiger partial charge in [-0.25, -0.2) is 19.2 Å². The van der Waals surface area contributed by atoms with Crippen LogP contribution in [0.2, 0.25) is 5.15 Å². The van der Waals surface area contributed by atoms with Gasteiger partial charge in [-0.2, -0.15) is 0 Å². The van der Waals surface area contributed by atoms with E-state index in [0.717, 1.165) is 5.56 Å². The first-order chi connectivity index (χ1) is 17.0. The van der Waals surface area contributed by atoms with Crippen molar-refractivity contribution in [1.29, 1.82) is 0 Å². The first-order valence-electron chi connectivity index (χ1n) is 11.1. The smallest absolute Gasteiger partial charge is 0.410 e. The maximum absolute atomic E-state index is 13.8. The van der Waals surface area contributed by atoms with Crippen LogP contribution in [0.5, 0.6) is 0 Å². The lowest BCUT2D eigenvalue weighted by molar-refractivity contribution is -0.124. The van der Waals surface area contributed by atoms with Gasteiger partial charge < -0.3 is 20.3 Å². The molecule has 1 fully saturated rings. The molecule has 1 aliphatic rings. The van der Waals surface area contributed by atoms with Crippen LogP contribution in [0.3, 0.4) is 0 Å². The number of nitrogens with zero attached hydrogens (tertiary/aromatic N) is 4. The normalized spacial score (nSPS) is 12.6. The maximum Gasteiger partial charge on any atom is 0.410 e. The molecule has 4 rings (SSSR count). The third-order valence-electron chi connectivity index (χ3n) is 5.02. The largest absolute Gasteiger partial charge is 0.445 e. The van der Waals surface area contributed by atoms with E-state index in [1.54, 1.807) is 0 Å². The highest BCUT2D eigenvalue weighted by atomic mass is 35.5. The molecule has 9 nitrogen and oxygen atoms in total. The molecule has 11 heteroatoms. The van der Waals surface area contributed by atoms with Gasteiger partial charge in [0.15, 0.2) is 11.0 Å². The molecule has 184 valence electrons. The number of hydrogen-bond acceptors (Lipinski definition) is 7. The van der Waals surface area contributed by atoms with Crippen LogP contribution in [-0.4, -0.2) is 44.9 Å². The number of halogens is 2. The molecular weight excluding hydrogens is 475 g/mol. The van der Waals surface area contributed by atoms with E-state index in [9.17, 15) is 14.0 Å². The molecule has 2 amide bonds. The molecule has 0 bridgehead atoms. The number of ether oxygens (including phenoxy) is 1. The number of amides is 2. The van der Waals surface area contributed by atoms with Crippen molar-refractivity contribution in [3.8, 4) is 0 Å². The van der Waals surface area contributed by atoms with Crippen molar-refractivity contribution in [2.45, 2.75) is 27.0 Å². The van der Waals surface area contributed by atoms with E-state index in [0.29, 0.717) is 0 Å². The SMILES string of the molecule is CC.O=C(Nc1c(Cl)ncnc1NCc1ncccc1F)C1CN(C(=O)OCc2ccccc2)C1. The molecule has 0 saturated carbocycles. The van der Waals surface area contributed by atoms with E-state index in [1.807, 2.05) is 44.2 Å². The Bertz CT molecular complexity index is 1150. The van der Waals surface area contributed by atoms with Crippen LogP contribution in [0.1, 0.15) is 25.1 Å². The van der Waals surface area contributed by atoms with Gasteiger partial charge >= 0.3 is 6.09 Å². The molecule has 1 saturated heterocycles. The average molecular weight is 501 g/mol. The van der Waals surface area contributed by atoms with Crippen molar-refractivity contribution >= 4 is 35.1 Å². The van der Waals surface area contributed by atoms with E-state index < -0.39 is 17.8 Å². The summed E-state index contributed by atoms with van der Waals surface area (Å²) in [5.41, 5.74) is 1.24. The molecule has 3 heterocycles. The number of anilines is 2.